The fourth-order valence-corrected chi connectivity index (χ4v) is 2.46. The van der Waals surface area contributed by atoms with Crippen LogP contribution in [0.3, 0.4) is 0 Å². The van der Waals surface area contributed by atoms with Gasteiger partial charge in [0.1, 0.15) is 6.54 Å². The second kappa shape index (κ2) is 6.89. The highest BCUT2D eigenvalue weighted by molar-refractivity contribution is 5.82. The van der Waals surface area contributed by atoms with Crippen LogP contribution in [-0.4, -0.2) is 42.5 Å². The Labute approximate surface area is 115 Å². The van der Waals surface area contributed by atoms with Crippen LogP contribution in [0.5, 0.6) is 0 Å². The van der Waals surface area contributed by atoms with Gasteiger partial charge in [-0.25, -0.2) is 0 Å². The Kier molecular flexibility index (Phi) is 5.79. The summed E-state index contributed by atoms with van der Waals surface area (Å²) in [5.41, 5.74) is 5.75. The zero-order valence-electron chi connectivity index (χ0n) is 12.3. The number of carbonyl (C=O) groups is 2. The van der Waals surface area contributed by atoms with E-state index < -0.39 is 0 Å². The van der Waals surface area contributed by atoms with Gasteiger partial charge in [0.05, 0.1) is 6.61 Å². The van der Waals surface area contributed by atoms with Gasteiger partial charge in [0, 0.05) is 12.5 Å². The van der Waals surface area contributed by atoms with Crippen molar-refractivity contribution in [3.63, 3.8) is 0 Å². The zero-order valence-corrected chi connectivity index (χ0v) is 12.3. The molecule has 5 nitrogen and oxygen atoms in total. The molecule has 0 aromatic carbocycles. The molecule has 1 aliphatic carbocycles. The van der Waals surface area contributed by atoms with Crippen LogP contribution in [0.25, 0.3) is 0 Å². The summed E-state index contributed by atoms with van der Waals surface area (Å²) in [6.07, 6.45) is 3.62. The largest absolute Gasteiger partial charge is 0.465 e. The lowest BCUT2D eigenvalue weighted by Gasteiger charge is -2.42. The zero-order chi connectivity index (χ0) is 14.5. The maximum Gasteiger partial charge on any atom is 0.325 e. The lowest BCUT2D eigenvalue weighted by atomic mass is 9.66. The molecular formula is C14H26N2O3. The van der Waals surface area contributed by atoms with E-state index in [4.69, 9.17) is 10.5 Å². The van der Waals surface area contributed by atoms with Gasteiger partial charge in [0.15, 0.2) is 0 Å². The van der Waals surface area contributed by atoms with Gasteiger partial charge in [0.2, 0.25) is 5.91 Å². The normalized spacial score (nSPS) is 16.9. The predicted molar refractivity (Wildman–Crippen MR) is 73.4 cm³/mol. The third kappa shape index (κ3) is 4.20. The Morgan fingerprint density at radius 3 is 2.37 bits per heavy atom. The van der Waals surface area contributed by atoms with Crippen molar-refractivity contribution in [2.24, 2.45) is 11.1 Å². The molecule has 19 heavy (non-hydrogen) atoms. The van der Waals surface area contributed by atoms with Crippen LogP contribution in [0, 0.1) is 5.41 Å². The van der Waals surface area contributed by atoms with Gasteiger partial charge >= 0.3 is 5.97 Å². The highest BCUT2D eigenvalue weighted by atomic mass is 16.5. The molecule has 0 atom stereocenters. The molecule has 1 saturated carbocycles. The maximum atomic E-state index is 12.4. The van der Waals surface area contributed by atoms with E-state index in [2.05, 4.69) is 0 Å². The lowest BCUT2D eigenvalue weighted by Crippen LogP contribution is -2.47. The first-order valence-corrected chi connectivity index (χ1v) is 7.09. The summed E-state index contributed by atoms with van der Waals surface area (Å²) in [4.78, 5) is 25.5. The smallest absolute Gasteiger partial charge is 0.325 e. The van der Waals surface area contributed by atoms with Crippen molar-refractivity contribution >= 4 is 11.9 Å². The van der Waals surface area contributed by atoms with Gasteiger partial charge in [-0.1, -0.05) is 6.42 Å². The van der Waals surface area contributed by atoms with Crippen LogP contribution >= 0.6 is 0 Å². The summed E-state index contributed by atoms with van der Waals surface area (Å²) in [5.74, 6) is -0.340. The Hall–Kier alpha value is -1.10. The molecule has 0 unspecified atom stereocenters. The molecule has 0 aromatic heterocycles. The van der Waals surface area contributed by atoms with E-state index in [0.717, 1.165) is 19.3 Å². The Bertz CT molecular complexity index is 319. The number of amides is 1. The van der Waals surface area contributed by atoms with E-state index in [1.807, 2.05) is 13.8 Å². The van der Waals surface area contributed by atoms with E-state index in [9.17, 15) is 9.59 Å². The van der Waals surface area contributed by atoms with Gasteiger partial charge in [-0.15, -0.1) is 0 Å². The summed E-state index contributed by atoms with van der Waals surface area (Å²) >= 11 is 0. The van der Waals surface area contributed by atoms with Crippen LogP contribution in [0.2, 0.25) is 0 Å². The van der Waals surface area contributed by atoms with E-state index in [1.165, 1.54) is 0 Å². The molecular weight excluding hydrogens is 244 g/mol. The minimum absolute atomic E-state index is 0.00759. The van der Waals surface area contributed by atoms with Crippen molar-refractivity contribution in [1.82, 2.24) is 4.90 Å². The van der Waals surface area contributed by atoms with Crippen molar-refractivity contribution in [3.05, 3.63) is 0 Å². The van der Waals surface area contributed by atoms with Crippen LogP contribution in [0.1, 0.15) is 46.5 Å². The highest BCUT2D eigenvalue weighted by Gasteiger charge is 2.39. The number of hydrogen-bond acceptors (Lipinski definition) is 4. The molecule has 1 fully saturated rings. The SMILES string of the molecule is CCOC(=O)CN(C(=O)CC1(CN)CCC1)C(C)C. The fourth-order valence-electron chi connectivity index (χ4n) is 2.46. The molecule has 5 heteroatoms. The quantitative estimate of drug-likeness (QED) is 0.708. The van der Waals surface area contributed by atoms with Gasteiger partial charge in [-0.2, -0.15) is 0 Å². The molecule has 0 spiro atoms. The topological polar surface area (TPSA) is 72.6 Å². The van der Waals surface area contributed by atoms with E-state index in [-0.39, 0.29) is 29.9 Å². The molecule has 110 valence electrons. The Morgan fingerprint density at radius 2 is 2.00 bits per heavy atom. The van der Waals surface area contributed by atoms with Crippen LogP contribution in [-0.2, 0) is 14.3 Å². The molecule has 0 aromatic rings. The molecule has 1 rings (SSSR count). The number of rotatable bonds is 7. The molecule has 2 N–H and O–H groups in total. The van der Waals surface area contributed by atoms with Gasteiger partial charge < -0.3 is 15.4 Å². The van der Waals surface area contributed by atoms with Crippen LogP contribution in [0.4, 0.5) is 0 Å². The molecule has 0 saturated heterocycles. The molecule has 0 bridgehead atoms. The average molecular weight is 270 g/mol. The van der Waals surface area contributed by atoms with E-state index >= 15 is 0 Å². The standard InChI is InChI=1S/C14H26N2O3/c1-4-19-13(18)9-16(11(2)3)12(17)8-14(10-15)6-5-7-14/h11H,4-10,15H2,1-3H3. The minimum Gasteiger partial charge on any atom is -0.465 e. The molecule has 1 aliphatic rings. The summed E-state index contributed by atoms with van der Waals surface area (Å²) in [5, 5.41) is 0. The van der Waals surface area contributed by atoms with Crippen molar-refractivity contribution in [1.29, 1.82) is 0 Å². The second-order valence-electron chi connectivity index (χ2n) is 5.65. The Morgan fingerprint density at radius 1 is 1.37 bits per heavy atom. The predicted octanol–water partition coefficient (Wildman–Crippen LogP) is 1.31. The first-order chi connectivity index (χ1) is 8.94. The van der Waals surface area contributed by atoms with Crippen LogP contribution in [0.15, 0.2) is 0 Å². The van der Waals surface area contributed by atoms with E-state index in [1.54, 1.807) is 11.8 Å². The average Bonchev–Trinajstić information content (AvgIpc) is 2.30. The van der Waals surface area contributed by atoms with Gasteiger partial charge in [-0.05, 0) is 45.6 Å². The number of esters is 1. The number of nitrogens with two attached hydrogens (primary N) is 1. The molecule has 0 aliphatic heterocycles. The number of nitrogens with zero attached hydrogens (tertiary/aromatic N) is 1. The summed E-state index contributed by atoms with van der Waals surface area (Å²) < 4.78 is 4.91. The third-order valence-electron chi connectivity index (χ3n) is 3.92. The maximum absolute atomic E-state index is 12.4. The molecule has 0 radical (unpaired) electrons. The Balaban J connectivity index is 2.60. The first-order valence-electron chi connectivity index (χ1n) is 7.09. The number of ether oxygens (including phenoxy) is 1. The minimum atomic E-state index is -0.347. The van der Waals surface area contributed by atoms with E-state index in [0.29, 0.717) is 19.6 Å². The van der Waals surface area contributed by atoms with Crippen molar-refractivity contribution in [2.75, 3.05) is 19.7 Å². The summed E-state index contributed by atoms with van der Waals surface area (Å²) in [6.45, 7) is 6.50. The third-order valence-corrected chi connectivity index (χ3v) is 3.92. The van der Waals surface area contributed by atoms with Gasteiger partial charge in [-0.3, -0.25) is 9.59 Å². The summed E-state index contributed by atoms with van der Waals surface area (Å²) in [7, 11) is 0. The molecule has 0 heterocycles. The number of hydrogen-bond donors (Lipinski definition) is 1. The van der Waals surface area contributed by atoms with Crippen LogP contribution < -0.4 is 5.73 Å². The first kappa shape index (κ1) is 16.0. The van der Waals surface area contributed by atoms with Crippen molar-refractivity contribution in [3.8, 4) is 0 Å². The van der Waals surface area contributed by atoms with Gasteiger partial charge in [0.25, 0.3) is 0 Å². The fraction of sp³-hybridized carbons (Fsp3) is 0.857. The monoisotopic (exact) mass is 270 g/mol. The second-order valence-corrected chi connectivity index (χ2v) is 5.65. The highest BCUT2D eigenvalue weighted by Crippen LogP contribution is 2.43. The summed E-state index contributed by atoms with van der Waals surface area (Å²) in [6, 6.07) is -0.00759. The number of carbonyl (C=O) groups excluding carboxylic acids is 2. The lowest BCUT2D eigenvalue weighted by molar-refractivity contribution is -0.151. The van der Waals surface area contributed by atoms with Crippen molar-refractivity contribution < 1.29 is 14.3 Å². The van der Waals surface area contributed by atoms with Crippen molar-refractivity contribution in [2.45, 2.75) is 52.5 Å². The molecule has 1 amide bonds.